The van der Waals surface area contributed by atoms with E-state index in [4.69, 9.17) is 4.74 Å². The summed E-state index contributed by atoms with van der Waals surface area (Å²) in [5.74, 6) is 0.813. The lowest BCUT2D eigenvalue weighted by Crippen LogP contribution is -2.05. The van der Waals surface area contributed by atoms with Crippen molar-refractivity contribution in [3.8, 4) is 5.75 Å². The molecule has 0 atom stereocenters. The van der Waals surface area contributed by atoms with Gasteiger partial charge in [0.05, 0.1) is 0 Å². The molecule has 0 unspecified atom stereocenters. The van der Waals surface area contributed by atoms with Gasteiger partial charge in [-0.1, -0.05) is 0 Å². The maximum atomic E-state index is 12.1. The maximum absolute atomic E-state index is 12.1. The third-order valence-corrected chi connectivity index (χ3v) is 2.80. The van der Waals surface area contributed by atoms with Gasteiger partial charge in [0, 0.05) is 38.3 Å². The molecule has 0 amide bonds. The predicted molar refractivity (Wildman–Crippen MR) is 75.1 cm³/mol. The molecule has 0 bridgehead atoms. The van der Waals surface area contributed by atoms with Crippen LogP contribution in [0.1, 0.15) is 6.42 Å². The quantitative estimate of drug-likeness (QED) is 0.760. The number of aromatic nitrogens is 2. The van der Waals surface area contributed by atoms with Gasteiger partial charge in [-0.3, -0.25) is 0 Å². The molecule has 114 valence electrons. The van der Waals surface area contributed by atoms with Crippen molar-refractivity contribution in [2.45, 2.75) is 19.6 Å². The van der Waals surface area contributed by atoms with Gasteiger partial charge in [-0.05, 0) is 30.7 Å². The molecular formula is C14H17F2N3O2. The number of anilines is 2. The summed E-state index contributed by atoms with van der Waals surface area (Å²) in [4.78, 5) is 4.22. The number of imidazole rings is 1. The number of nitrogens with zero attached hydrogens (tertiary/aromatic N) is 2. The monoisotopic (exact) mass is 297 g/mol. The zero-order valence-electron chi connectivity index (χ0n) is 11.6. The molecule has 0 aliphatic carbocycles. The molecule has 1 aromatic carbocycles. The minimum atomic E-state index is -2.82. The van der Waals surface area contributed by atoms with Crippen LogP contribution in [0.5, 0.6) is 5.75 Å². The first-order valence-electron chi connectivity index (χ1n) is 6.51. The van der Waals surface area contributed by atoms with E-state index in [1.54, 1.807) is 25.4 Å². The van der Waals surface area contributed by atoms with Gasteiger partial charge in [0.15, 0.2) is 0 Å². The Morgan fingerprint density at radius 1 is 1.29 bits per heavy atom. The molecule has 0 saturated heterocycles. The number of hydrogen-bond acceptors (Lipinski definition) is 4. The highest BCUT2D eigenvalue weighted by molar-refractivity contribution is 5.54. The van der Waals surface area contributed by atoms with Crippen molar-refractivity contribution in [2.75, 3.05) is 19.0 Å². The number of alkyl halides is 2. The van der Waals surface area contributed by atoms with Gasteiger partial charge in [-0.2, -0.15) is 8.78 Å². The minimum Gasteiger partial charge on any atom is -0.435 e. The van der Waals surface area contributed by atoms with Gasteiger partial charge in [0.25, 0.3) is 0 Å². The van der Waals surface area contributed by atoms with E-state index < -0.39 is 6.61 Å². The fourth-order valence-corrected chi connectivity index (χ4v) is 1.84. The fourth-order valence-electron chi connectivity index (χ4n) is 1.84. The highest BCUT2D eigenvalue weighted by atomic mass is 19.3. The van der Waals surface area contributed by atoms with Crippen molar-refractivity contribution in [2.24, 2.45) is 0 Å². The fraction of sp³-hybridized carbons (Fsp3) is 0.357. The molecule has 0 aliphatic rings. The smallest absolute Gasteiger partial charge is 0.387 e. The normalized spacial score (nSPS) is 10.9. The van der Waals surface area contributed by atoms with Gasteiger partial charge >= 0.3 is 6.61 Å². The van der Waals surface area contributed by atoms with E-state index in [0.29, 0.717) is 12.6 Å². The third-order valence-electron chi connectivity index (χ3n) is 2.80. The Morgan fingerprint density at radius 3 is 2.71 bits per heavy atom. The third kappa shape index (κ3) is 4.71. The van der Waals surface area contributed by atoms with Crippen molar-refractivity contribution in [3.05, 3.63) is 36.7 Å². The molecule has 2 rings (SSSR count). The molecule has 1 aromatic heterocycles. The van der Waals surface area contributed by atoms with E-state index in [1.165, 1.54) is 12.1 Å². The lowest BCUT2D eigenvalue weighted by Gasteiger charge is -2.10. The number of benzene rings is 1. The van der Waals surface area contributed by atoms with Crippen molar-refractivity contribution >= 4 is 11.6 Å². The average Bonchev–Trinajstić information content (AvgIpc) is 2.88. The van der Waals surface area contributed by atoms with Gasteiger partial charge in [0.1, 0.15) is 5.75 Å². The molecular weight excluding hydrogens is 280 g/mol. The van der Waals surface area contributed by atoms with Crippen LogP contribution in [0.3, 0.4) is 0 Å². The van der Waals surface area contributed by atoms with Gasteiger partial charge in [-0.25, -0.2) is 4.98 Å². The van der Waals surface area contributed by atoms with E-state index in [1.807, 2.05) is 10.8 Å². The maximum Gasteiger partial charge on any atom is 0.387 e. The Kier molecular flexibility index (Phi) is 5.51. The van der Waals surface area contributed by atoms with Crippen LogP contribution in [0.15, 0.2) is 36.7 Å². The summed E-state index contributed by atoms with van der Waals surface area (Å²) in [5, 5.41) is 3.13. The van der Waals surface area contributed by atoms with Crippen LogP contribution < -0.4 is 10.1 Å². The zero-order valence-corrected chi connectivity index (χ0v) is 11.6. The topological polar surface area (TPSA) is 48.3 Å². The van der Waals surface area contributed by atoms with E-state index in [9.17, 15) is 8.78 Å². The summed E-state index contributed by atoms with van der Waals surface area (Å²) in [6.07, 6.45) is 4.44. The molecule has 21 heavy (non-hydrogen) atoms. The number of halogens is 2. The van der Waals surface area contributed by atoms with Crippen LogP contribution in [-0.2, 0) is 11.3 Å². The number of methoxy groups -OCH3 is 1. The van der Waals surface area contributed by atoms with E-state index in [2.05, 4.69) is 15.0 Å². The average molecular weight is 297 g/mol. The SMILES string of the molecule is COCCCn1ccnc1Nc1ccc(OC(F)F)cc1. The Labute approximate surface area is 121 Å². The molecule has 0 saturated carbocycles. The highest BCUT2D eigenvalue weighted by Gasteiger charge is 2.05. The van der Waals surface area contributed by atoms with Crippen molar-refractivity contribution < 1.29 is 18.3 Å². The van der Waals surface area contributed by atoms with Crippen LogP contribution in [0.25, 0.3) is 0 Å². The zero-order chi connectivity index (χ0) is 15.1. The molecule has 1 N–H and O–H groups in total. The van der Waals surface area contributed by atoms with Crippen molar-refractivity contribution in [1.82, 2.24) is 9.55 Å². The lowest BCUT2D eigenvalue weighted by atomic mass is 10.3. The van der Waals surface area contributed by atoms with Crippen LogP contribution in [0.4, 0.5) is 20.4 Å². The molecule has 0 radical (unpaired) electrons. The summed E-state index contributed by atoms with van der Waals surface area (Å²) < 4.78 is 35.4. The second kappa shape index (κ2) is 7.58. The largest absolute Gasteiger partial charge is 0.435 e. The number of ether oxygens (including phenoxy) is 2. The van der Waals surface area contributed by atoms with Crippen LogP contribution in [-0.4, -0.2) is 29.9 Å². The summed E-state index contributed by atoms with van der Waals surface area (Å²) in [6.45, 7) is -1.36. The first-order chi connectivity index (χ1) is 10.2. The van der Waals surface area contributed by atoms with Crippen molar-refractivity contribution in [3.63, 3.8) is 0 Å². The van der Waals surface area contributed by atoms with Gasteiger partial charge in [-0.15, -0.1) is 0 Å². The molecule has 7 heteroatoms. The molecule has 0 spiro atoms. The Hall–Kier alpha value is -2.15. The number of hydrogen-bond donors (Lipinski definition) is 1. The molecule has 5 nitrogen and oxygen atoms in total. The lowest BCUT2D eigenvalue weighted by molar-refractivity contribution is -0.0498. The summed E-state index contributed by atoms with van der Waals surface area (Å²) in [5.41, 5.74) is 0.746. The van der Waals surface area contributed by atoms with E-state index in [-0.39, 0.29) is 5.75 Å². The Balaban J connectivity index is 1.96. The van der Waals surface area contributed by atoms with E-state index in [0.717, 1.165) is 18.7 Å². The predicted octanol–water partition coefficient (Wildman–Crippen LogP) is 3.26. The van der Waals surface area contributed by atoms with Crippen LogP contribution in [0.2, 0.25) is 0 Å². The van der Waals surface area contributed by atoms with Crippen molar-refractivity contribution in [1.29, 1.82) is 0 Å². The first kappa shape index (κ1) is 15.2. The standard InChI is InChI=1S/C14H17F2N3O2/c1-20-10-2-8-19-9-7-17-14(19)18-11-3-5-12(6-4-11)21-13(15)16/h3-7,9,13H,2,8,10H2,1H3,(H,17,18). The molecule has 0 fully saturated rings. The van der Waals surface area contributed by atoms with Gasteiger partial charge in [0.2, 0.25) is 5.95 Å². The molecule has 2 aromatic rings. The summed E-state index contributed by atoms with van der Waals surface area (Å²) in [7, 11) is 1.66. The Bertz CT molecular complexity index is 543. The Morgan fingerprint density at radius 2 is 2.05 bits per heavy atom. The second-order valence-corrected chi connectivity index (χ2v) is 4.32. The molecule has 0 aliphatic heterocycles. The summed E-state index contributed by atoms with van der Waals surface area (Å²) >= 11 is 0. The van der Waals surface area contributed by atoms with E-state index >= 15 is 0 Å². The number of aryl methyl sites for hydroxylation is 1. The minimum absolute atomic E-state index is 0.124. The highest BCUT2D eigenvalue weighted by Crippen LogP contribution is 2.20. The van der Waals surface area contributed by atoms with Crippen LogP contribution in [0, 0.1) is 0 Å². The molecule has 1 heterocycles. The number of rotatable bonds is 8. The van der Waals surface area contributed by atoms with Gasteiger partial charge < -0.3 is 19.4 Å². The summed E-state index contributed by atoms with van der Waals surface area (Å²) in [6, 6.07) is 6.27. The van der Waals surface area contributed by atoms with Crippen LogP contribution >= 0.6 is 0 Å². The number of nitrogens with one attached hydrogen (secondary N) is 1. The first-order valence-corrected chi connectivity index (χ1v) is 6.51. The second-order valence-electron chi connectivity index (χ2n) is 4.32.